The van der Waals surface area contributed by atoms with Gasteiger partial charge >= 0.3 is 0 Å². The van der Waals surface area contributed by atoms with Gasteiger partial charge < -0.3 is 14.6 Å². The van der Waals surface area contributed by atoms with Crippen LogP contribution in [0.15, 0.2) is 54.7 Å². The Morgan fingerprint density at radius 2 is 1.91 bits per heavy atom. The van der Waals surface area contributed by atoms with Crippen LogP contribution in [0, 0.1) is 0 Å². The van der Waals surface area contributed by atoms with Gasteiger partial charge in [0.2, 0.25) is 5.91 Å². The summed E-state index contributed by atoms with van der Waals surface area (Å²) in [5, 5.41) is 3.59. The number of morpholine rings is 1. The number of carbonyl (C=O) groups excluding carboxylic acids is 1. The molecule has 0 radical (unpaired) electrons. The van der Waals surface area contributed by atoms with Gasteiger partial charge in [0.25, 0.3) is 0 Å². The minimum absolute atomic E-state index is 0.0520. The average Bonchev–Trinajstić information content (AvgIpc) is 3.22. The molecule has 1 aromatic heterocycles. The Balaban J connectivity index is 1.54. The summed E-state index contributed by atoms with van der Waals surface area (Å²) in [5.41, 5.74) is 4.05. The van der Waals surface area contributed by atoms with Crippen LogP contribution in [0.4, 0.5) is 0 Å². The third kappa shape index (κ3) is 6.44. The van der Waals surface area contributed by atoms with Crippen molar-refractivity contribution in [2.75, 3.05) is 32.8 Å². The lowest BCUT2D eigenvalue weighted by Crippen LogP contribution is -2.37. The lowest BCUT2D eigenvalue weighted by atomic mass is 10.1. The Hall–Kier alpha value is -2.67. The third-order valence-electron chi connectivity index (χ3n) is 5.70. The van der Waals surface area contributed by atoms with Crippen LogP contribution in [-0.2, 0) is 22.4 Å². The summed E-state index contributed by atoms with van der Waals surface area (Å²) < 4.78 is 7.38. The van der Waals surface area contributed by atoms with Gasteiger partial charge in [0, 0.05) is 48.1 Å². The van der Waals surface area contributed by atoms with E-state index in [1.807, 2.05) is 48.9 Å². The monoisotopic (exact) mass is 466 g/mol. The Morgan fingerprint density at radius 3 is 2.61 bits per heavy atom. The Kier molecular flexibility index (Phi) is 7.81. The minimum atomic E-state index is -0.0520. The Bertz CT molecular complexity index is 1070. The Labute approximate surface area is 200 Å². The van der Waals surface area contributed by atoms with E-state index in [2.05, 4.69) is 34.5 Å². The molecule has 0 bridgehead atoms. The fraction of sp³-hybridized carbons (Fsp3) is 0.385. The quantitative estimate of drug-likeness (QED) is 0.542. The van der Waals surface area contributed by atoms with E-state index in [9.17, 15) is 4.79 Å². The zero-order valence-electron chi connectivity index (χ0n) is 19.3. The summed E-state index contributed by atoms with van der Waals surface area (Å²) in [6.07, 6.45) is 3.19. The number of nitrogens with one attached hydrogen (secondary N) is 1. The molecular formula is C26H31ClN4O2. The molecule has 0 unspecified atom stereocenters. The predicted molar refractivity (Wildman–Crippen MR) is 132 cm³/mol. The van der Waals surface area contributed by atoms with Gasteiger partial charge in [-0.1, -0.05) is 41.9 Å². The molecule has 0 spiro atoms. The van der Waals surface area contributed by atoms with Crippen LogP contribution in [0.5, 0.6) is 0 Å². The van der Waals surface area contributed by atoms with Crippen LogP contribution < -0.4 is 5.32 Å². The van der Waals surface area contributed by atoms with Gasteiger partial charge in [-0.25, -0.2) is 4.98 Å². The minimum Gasteiger partial charge on any atom is -0.379 e. The number of benzene rings is 2. The van der Waals surface area contributed by atoms with Crippen LogP contribution in [0.1, 0.15) is 25.2 Å². The molecule has 0 saturated carbocycles. The van der Waals surface area contributed by atoms with Crippen molar-refractivity contribution >= 4 is 17.5 Å². The molecule has 6 nitrogen and oxygen atoms in total. The average molecular weight is 467 g/mol. The zero-order chi connectivity index (χ0) is 23.2. The molecule has 4 rings (SSSR count). The summed E-state index contributed by atoms with van der Waals surface area (Å²) in [4.78, 5) is 19.7. The van der Waals surface area contributed by atoms with Gasteiger partial charge in [0.05, 0.1) is 25.3 Å². The van der Waals surface area contributed by atoms with E-state index < -0.39 is 0 Å². The number of amides is 1. The lowest BCUT2D eigenvalue weighted by molar-refractivity contribution is -0.121. The summed E-state index contributed by atoms with van der Waals surface area (Å²) in [6.45, 7) is 8.61. The van der Waals surface area contributed by atoms with Crippen molar-refractivity contribution in [3.05, 3.63) is 71.1 Å². The SMILES string of the molecule is CC(C)NC(=O)Cc1nc(-c2ccc(CCN3CCOCC3)cc2)cn1-c1cccc(Cl)c1. The summed E-state index contributed by atoms with van der Waals surface area (Å²) in [5.74, 6) is 0.630. The number of rotatable bonds is 8. The molecule has 2 aromatic carbocycles. The third-order valence-corrected chi connectivity index (χ3v) is 5.94. The van der Waals surface area contributed by atoms with Crippen molar-refractivity contribution in [1.29, 1.82) is 0 Å². The molecule has 1 N–H and O–H groups in total. The molecule has 3 aromatic rings. The van der Waals surface area contributed by atoms with Crippen LogP contribution >= 0.6 is 11.6 Å². The largest absolute Gasteiger partial charge is 0.379 e. The highest BCUT2D eigenvalue weighted by Gasteiger charge is 2.16. The highest BCUT2D eigenvalue weighted by molar-refractivity contribution is 6.30. The predicted octanol–water partition coefficient (Wildman–Crippen LogP) is 4.13. The number of hydrogen-bond donors (Lipinski definition) is 1. The second-order valence-electron chi connectivity index (χ2n) is 8.69. The van der Waals surface area contributed by atoms with Crippen LogP contribution in [0.2, 0.25) is 5.02 Å². The molecule has 174 valence electrons. The number of ether oxygens (including phenoxy) is 1. The van der Waals surface area contributed by atoms with E-state index in [4.69, 9.17) is 21.3 Å². The van der Waals surface area contributed by atoms with Gasteiger partial charge in [0.1, 0.15) is 5.82 Å². The number of imidazole rings is 1. The fourth-order valence-corrected chi connectivity index (χ4v) is 4.19. The van der Waals surface area contributed by atoms with Crippen molar-refractivity contribution in [3.8, 4) is 16.9 Å². The summed E-state index contributed by atoms with van der Waals surface area (Å²) >= 11 is 6.23. The smallest absolute Gasteiger partial charge is 0.227 e. The maximum atomic E-state index is 12.5. The molecule has 1 amide bonds. The second kappa shape index (κ2) is 11.0. The second-order valence-corrected chi connectivity index (χ2v) is 9.13. The van der Waals surface area contributed by atoms with Gasteiger partial charge in [-0.3, -0.25) is 9.69 Å². The first-order valence-corrected chi connectivity index (χ1v) is 11.9. The topological polar surface area (TPSA) is 59.4 Å². The molecule has 1 saturated heterocycles. The Morgan fingerprint density at radius 1 is 1.15 bits per heavy atom. The van der Waals surface area contributed by atoms with Crippen molar-refractivity contribution in [1.82, 2.24) is 19.8 Å². The maximum Gasteiger partial charge on any atom is 0.227 e. The van der Waals surface area contributed by atoms with Gasteiger partial charge in [0.15, 0.2) is 0 Å². The maximum absolute atomic E-state index is 12.5. The molecule has 33 heavy (non-hydrogen) atoms. The standard InChI is InChI=1S/C26H31ClN4O2/c1-19(2)28-26(32)17-25-29-24(18-31(25)23-5-3-4-22(27)16-23)21-8-6-20(7-9-21)10-11-30-12-14-33-15-13-30/h3-9,16,18-19H,10-15,17H2,1-2H3,(H,28,32). The van der Waals surface area contributed by atoms with Crippen molar-refractivity contribution < 1.29 is 9.53 Å². The first-order chi connectivity index (χ1) is 16.0. The first-order valence-electron chi connectivity index (χ1n) is 11.5. The first kappa shape index (κ1) is 23.5. The normalized spacial score (nSPS) is 14.5. The van der Waals surface area contributed by atoms with Crippen molar-refractivity contribution in [3.63, 3.8) is 0 Å². The van der Waals surface area contributed by atoms with E-state index in [-0.39, 0.29) is 18.4 Å². The highest BCUT2D eigenvalue weighted by atomic mass is 35.5. The molecule has 1 aliphatic rings. The number of carbonyl (C=O) groups is 1. The molecule has 7 heteroatoms. The summed E-state index contributed by atoms with van der Waals surface area (Å²) in [7, 11) is 0. The molecule has 2 heterocycles. The van der Waals surface area contributed by atoms with Gasteiger partial charge in [-0.05, 0) is 44.0 Å². The van der Waals surface area contributed by atoms with E-state index >= 15 is 0 Å². The lowest BCUT2D eigenvalue weighted by Gasteiger charge is -2.26. The van der Waals surface area contributed by atoms with E-state index in [1.165, 1.54) is 5.56 Å². The van der Waals surface area contributed by atoms with E-state index in [1.54, 1.807) is 0 Å². The number of aromatic nitrogens is 2. The van der Waals surface area contributed by atoms with Crippen LogP contribution in [0.25, 0.3) is 16.9 Å². The molecule has 0 aliphatic carbocycles. The number of nitrogens with zero attached hydrogens (tertiary/aromatic N) is 3. The number of halogens is 1. The van der Waals surface area contributed by atoms with Crippen LogP contribution in [-0.4, -0.2) is 59.2 Å². The van der Waals surface area contributed by atoms with Gasteiger partial charge in [-0.2, -0.15) is 0 Å². The molecular weight excluding hydrogens is 436 g/mol. The molecule has 0 atom stereocenters. The van der Waals surface area contributed by atoms with Crippen molar-refractivity contribution in [2.45, 2.75) is 32.7 Å². The fourth-order valence-electron chi connectivity index (χ4n) is 4.00. The van der Waals surface area contributed by atoms with E-state index in [0.29, 0.717) is 10.8 Å². The molecule has 1 aliphatic heterocycles. The molecule has 1 fully saturated rings. The van der Waals surface area contributed by atoms with E-state index in [0.717, 1.165) is 56.2 Å². The summed E-state index contributed by atoms with van der Waals surface area (Å²) in [6, 6.07) is 16.2. The van der Waals surface area contributed by atoms with Crippen molar-refractivity contribution in [2.24, 2.45) is 0 Å². The number of hydrogen-bond acceptors (Lipinski definition) is 4. The highest BCUT2D eigenvalue weighted by Crippen LogP contribution is 2.24. The van der Waals surface area contributed by atoms with Crippen LogP contribution in [0.3, 0.4) is 0 Å². The van der Waals surface area contributed by atoms with Gasteiger partial charge in [-0.15, -0.1) is 0 Å². The zero-order valence-corrected chi connectivity index (χ0v) is 20.0.